The number of morpholine rings is 1. The van der Waals surface area contributed by atoms with Crippen LogP contribution >= 0.6 is 11.6 Å². The Morgan fingerprint density at radius 2 is 2.00 bits per heavy atom. The van der Waals surface area contributed by atoms with Crippen molar-refractivity contribution in [1.82, 2.24) is 34.1 Å². The van der Waals surface area contributed by atoms with Gasteiger partial charge in [-0.1, -0.05) is 29.8 Å². The van der Waals surface area contributed by atoms with Crippen LogP contribution in [0.15, 0.2) is 60.0 Å². The largest absolute Gasteiger partial charge is 0.377 e. The second-order valence-corrected chi connectivity index (χ2v) is 7.78. The molecular formula is C21H17ClN8O2. The Hall–Kier alpha value is -3.76. The predicted molar refractivity (Wildman–Crippen MR) is 118 cm³/mol. The van der Waals surface area contributed by atoms with Crippen LogP contribution in [0.25, 0.3) is 22.4 Å². The summed E-state index contributed by atoms with van der Waals surface area (Å²) in [5, 5.41) is 5.16. The summed E-state index contributed by atoms with van der Waals surface area (Å²) in [6.07, 6.45) is 4.76. The standard InChI is InChI=1S/C21H17ClN8O2/c22-14-6-7-29-17(14)21(31)30(13-4-2-1-3-5-13)19(27-29)15-10-32-9-8-28(15)20-16-18(24-11-23-16)25-12-26-20/h1-7,11-12,15H,8-10H2,(H,23,24,25,26)/t15-/m0/s1. The Morgan fingerprint density at radius 3 is 2.88 bits per heavy atom. The number of imidazole rings is 1. The molecule has 1 N–H and O–H groups in total. The van der Waals surface area contributed by atoms with Gasteiger partial charge in [0.15, 0.2) is 17.3 Å². The van der Waals surface area contributed by atoms with Crippen molar-refractivity contribution in [2.24, 2.45) is 0 Å². The minimum atomic E-state index is -0.386. The predicted octanol–water partition coefficient (Wildman–Crippen LogP) is 2.38. The average Bonchev–Trinajstić information content (AvgIpc) is 3.46. The van der Waals surface area contributed by atoms with E-state index in [1.54, 1.807) is 23.2 Å². The number of para-hydroxylation sites is 1. The number of aromatic nitrogens is 7. The van der Waals surface area contributed by atoms with Gasteiger partial charge in [0.2, 0.25) is 0 Å². The number of ether oxygens (including phenoxy) is 1. The van der Waals surface area contributed by atoms with Crippen molar-refractivity contribution < 1.29 is 4.74 Å². The smallest absolute Gasteiger partial charge is 0.284 e. The maximum Gasteiger partial charge on any atom is 0.284 e. The number of fused-ring (bicyclic) bond motifs is 2. The van der Waals surface area contributed by atoms with Crippen LogP contribution in [0.3, 0.4) is 0 Å². The number of H-pyrrole nitrogens is 1. The molecule has 0 saturated carbocycles. The first-order valence-electron chi connectivity index (χ1n) is 10.1. The molecular weight excluding hydrogens is 432 g/mol. The normalized spacial score (nSPS) is 16.8. The van der Waals surface area contributed by atoms with Gasteiger partial charge in [-0.3, -0.25) is 9.36 Å². The number of nitrogens with one attached hydrogen (secondary N) is 1. The van der Waals surface area contributed by atoms with Crippen molar-refractivity contribution in [3.63, 3.8) is 0 Å². The molecule has 11 heteroatoms. The topological polar surface area (TPSA) is 106 Å². The molecule has 5 heterocycles. The van der Waals surface area contributed by atoms with Gasteiger partial charge in [-0.2, -0.15) is 5.10 Å². The van der Waals surface area contributed by atoms with Crippen molar-refractivity contribution in [2.75, 3.05) is 24.7 Å². The molecule has 0 spiro atoms. The highest BCUT2D eigenvalue weighted by Crippen LogP contribution is 2.31. The molecule has 4 aromatic heterocycles. The van der Waals surface area contributed by atoms with Crippen LogP contribution in [0.1, 0.15) is 11.9 Å². The first-order valence-corrected chi connectivity index (χ1v) is 10.4. The summed E-state index contributed by atoms with van der Waals surface area (Å²) in [6, 6.07) is 10.7. The molecule has 0 amide bonds. The van der Waals surface area contributed by atoms with Gasteiger partial charge in [0.25, 0.3) is 5.56 Å². The first-order chi connectivity index (χ1) is 15.7. The third kappa shape index (κ3) is 2.88. The van der Waals surface area contributed by atoms with Gasteiger partial charge in [0.1, 0.15) is 23.4 Å². The molecule has 10 nitrogen and oxygen atoms in total. The van der Waals surface area contributed by atoms with Crippen molar-refractivity contribution >= 4 is 34.1 Å². The lowest BCUT2D eigenvalue weighted by molar-refractivity contribution is 0.0902. The molecule has 1 aliphatic rings. The number of aromatic amines is 1. The van der Waals surface area contributed by atoms with E-state index in [0.29, 0.717) is 53.3 Å². The number of nitrogens with zero attached hydrogens (tertiary/aromatic N) is 7. The van der Waals surface area contributed by atoms with Crippen molar-refractivity contribution in [1.29, 1.82) is 0 Å². The van der Waals surface area contributed by atoms with E-state index in [-0.39, 0.29) is 11.6 Å². The third-order valence-electron chi connectivity index (χ3n) is 5.58. The lowest BCUT2D eigenvalue weighted by Crippen LogP contribution is -2.43. The second-order valence-electron chi connectivity index (χ2n) is 7.37. The minimum Gasteiger partial charge on any atom is -0.377 e. The van der Waals surface area contributed by atoms with Crippen LogP contribution in [-0.4, -0.2) is 53.9 Å². The van der Waals surface area contributed by atoms with E-state index in [2.05, 4.69) is 24.8 Å². The van der Waals surface area contributed by atoms with E-state index in [9.17, 15) is 4.79 Å². The van der Waals surface area contributed by atoms with Crippen molar-refractivity contribution in [3.8, 4) is 5.69 Å². The molecule has 0 unspecified atom stereocenters. The Balaban J connectivity index is 1.61. The summed E-state index contributed by atoms with van der Waals surface area (Å²) in [4.78, 5) is 31.8. The maximum atomic E-state index is 13.6. The van der Waals surface area contributed by atoms with Crippen LogP contribution < -0.4 is 10.5 Å². The highest BCUT2D eigenvalue weighted by atomic mass is 35.5. The van der Waals surface area contributed by atoms with Crippen molar-refractivity contribution in [3.05, 3.63) is 76.5 Å². The van der Waals surface area contributed by atoms with E-state index in [1.807, 2.05) is 30.3 Å². The Kier molecular flexibility index (Phi) is 4.40. The minimum absolute atomic E-state index is 0.254. The highest BCUT2D eigenvalue weighted by molar-refractivity contribution is 6.33. The first kappa shape index (κ1) is 19.0. The summed E-state index contributed by atoms with van der Waals surface area (Å²) in [5.41, 5.74) is 2.05. The van der Waals surface area contributed by atoms with Crippen LogP contribution in [0.5, 0.6) is 0 Å². The van der Waals surface area contributed by atoms with Gasteiger partial charge < -0.3 is 14.6 Å². The molecule has 0 aliphatic carbocycles. The van der Waals surface area contributed by atoms with Gasteiger partial charge in [-0.05, 0) is 18.2 Å². The summed E-state index contributed by atoms with van der Waals surface area (Å²) < 4.78 is 8.95. The van der Waals surface area contributed by atoms with Crippen LogP contribution in [0.2, 0.25) is 5.02 Å². The fourth-order valence-electron chi connectivity index (χ4n) is 4.13. The lowest BCUT2D eigenvalue weighted by Gasteiger charge is -2.36. The van der Waals surface area contributed by atoms with Gasteiger partial charge in [-0.15, -0.1) is 0 Å². The van der Waals surface area contributed by atoms with Gasteiger partial charge >= 0.3 is 0 Å². The monoisotopic (exact) mass is 448 g/mol. The number of anilines is 1. The molecule has 1 atom stereocenters. The number of benzene rings is 1. The number of rotatable bonds is 3. The van der Waals surface area contributed by atoms with Crippen LogP contribution in [0, 0.1) is 0 Å². The van der Waals surface area contributed by atoms with Crippen LogP contribution in [0.4, 0.5) is 5.82 Å². The summed E-state index contributed by atoms with van der Waals surface area (Å²) in [6.45, 7) is 1.41. The molecule has 0 bridgehead atoms. The molecule has 1 fully saturated rings. The Morgan fingerprint density at radius 1 is 1.12 bits per heavy atom. The van der Waals surface area contributed by atoms with E-state index in [4.69, 9.17) is 21.4 Å². The Labute approximate surface area is 186 Å². The number of halogens is 1. The summed E-state index contributed by atoms with van der Waals surface area (Å²) >= 11 is 6.32. The number of hydrogen-bond acceptors (Lipinski definition) is 7. The quantitative estimate of drug-likeness (QED) is 0.451. The molecule has 6 rings (SSSR count). The zero-order valence-corrected chi connectivity index (χ0v) is 17.5. The SMILES string of the molecule is O=c1c2c(Cl)ccn2nc([C@@H]2COCCN2c2ncnc3nc[nH]c23)n1-c1ccccc1. The van der Waals surface area contributed by atoms with Gasteiger partial charge in [0, 0.05) is 12.7 Å². The molecule has 1 saturated heterocycles. The van der Waals surface area contributed by atoms with Gasteiger partial charge in [0.05, 0.1) is 30.3 Å². The fraction of sp³-hybridized carbons (Fsp3) is 0.190. The zero-order chi connectivity index (χ0) is 21.7. The van der Waals surface area contributed by atoms with Crippen LogP contribution in [-0.2, 0) is 4.74 Å². The average molecular weight is 449 g/mol. The molecule has 160 valence electrons. The van der Waals surface area contributed by atoms with E-state index >= 15 is 0 Å². The van der Waals surface area contributed by atoms with Crippen molar-refractivity contribution in [2.45, 2.75) is 6.04 Å². The van der Waals surface area contributed by atoms with E-state index in [0.717, 1.165) is 5.52 Å². The van der Waals surface area contributed by atoms with E-state index in [1.165, 1.54) is 10.8 Å². The lowest BCUT2D eigenvalue weighted by atomic mass is 10.2. The fourth-order valence-corrected chi connectivity index (χ4v) is 4.35. The van der Waals surface area contributed by atoms with E-state index < -0.39 is 0 Å². The Bertz CT molecular complexity index is 1490. The zero-order valence-electron chi connectivity index (χ0n) is 16.7. The molecule has 5 aromatic rings. The highest BCUT2D eigenvalue weighted by Gasteiger charge is 2.33. The number of hydrogen-bond donors (Lipinski definition) is 1. The van der Waals surface area contributed by atoms with Gasteiger partial charge in [-0.25, -0.2) is 19.5 Å². The molecule has 1 aromatic carbocycles. The molecule has 1 aliphatic heterocycles. The third-order valence-corrected chi connectivity index (χ3v) is 5.88. The summed E-state index contributed by atoms with van der Waals surface area (Å²) in [7, 11) is 0. The molecule has 0 radical (unpaired) electrons. The molecule has 32 heavy (non-hydrogen) atoms. The summed E-state index contributed by atoms with van der Waals surface area (Å²) in [5.74, 6) is 1.20. The second kappa shape index (κ2) is 7.43. The maximum absolute atomic E-state index is 13.6.